The highest BCUT2D eigenvalue weighted by molar-refractivity contribution is 6.40. The number of anilines is 1. The van der Waals surface area contributed by atoms with Crippen LogP contribution in [0.25, 0.3) is 6.08 Å². The number of nitrogens with one attached hydrogen (secondary N) is 1. The Morgan fingerprint density at radius 1 is 1.04 bits per heavy atom. The summed E-state index contributed by atoms with van der Waals surface area (Å²) in [6, 6.07) is 10.1. The Morgan fingerprint density at radius 3 is 2.35 bits per heavy atom. The van der Waals surface area contributed by atoms with E-state index in [2.05, 4.69) is 5.32 Å². The molecule has 1 aliphatic heterocycles. The van der Waals surface area contributed by atoms with Crippen LogP contribution in [0, 0.1) is 0 Å². The lowest BCUT2D eigenvalue weighted by Gasteiger charge is -2.26. The molecule has 1 aliphatic rings. The van der Waals surface area contributed by atoms with Crippen molar-refractivity contribution >= 4 is 52.8 Å². The van der Waals surface area contributed by atoms with Gasteiger partial charge in [0.2, 0.25) is 0 Å². The minimum atomic E-state index is -0.829. The normalized spacial score (nSPS) is 16.0. The number of imide groups is 2. The van der Waals surface area contributed by atoms with Crippen LogP contribution in [0.1, 0.15) is 5.56 Å². The Balaban J connectivity index is 2.00. The molecule has 2 aromatic carbocycles. The van der Waals surface area contributed by atoms with Crippen molar-refractivity contribution in [1.29, 1.82) is 0 Å². The number of methoxy groups -OCH3 is 1. The van der Waals surface area contributed by atoms with Crippen molar-refractivity contribution in [2.24, 2.45) is 0 Å². The Hall–Kier alpha value is -2.83. The highest BCUT2D eigenvalue weighted by Crippen LogP contribution is 2.27. The van der Waals surface area contributed by atoms with E-state index in [1.54, 1.807) is 36.4 Å². The second-order valence-electron chi connectivity index (χ2n) is 5.32. The minimum absolute atomic E-state index is 0.218. The number of hydrogen-bond acceptors (Lipinski definition) is 4. The lowest BCUT2D eigenvalue weighted by Crippen LogP contribution is -2.54. The predicted octanol–water partition coefficient (Wildman–Crippen LogP) is 3.67. The summed E-state index contributed by atoms with van der Waals surface area (Å²) in [6.45, 7) is 0. The maximum absolute atomic E-state index is 12.8. The molecule has 0 bridgehead atoms. The molecule has 0 unspecified atom stereocenters. The number of carbonyl (C=O) groups excluding carboxylic acids is 3. The van der Waals surface area contributed by atoms with Gasteiger partial charge in [-0.3, -0.25) is 14.9 Å². The van der Waals surface area contributed by atoms with Crippen LogP contribution in [0.2, 0.25) is 10.0 Å². The highest BCUT2D eigenvalue weighted by Gasteiger charge is 2.36. The molecule has 6 nitrogen and oxygen atoms in total. The molecule has 0 saturated carbocycles. The van der Waals surface area contributed by atoms with E-state index in [9.17, 15) is 14.4 Å². The van der Waals surface area contributed by atoms with Crippen LogP contribution in [0.15, 0.2) is 48.0 Å². The third kappa shape index (κ3) is 3.42. The molecular weight excluding hydrogens is 379 g/mol. The minimum Gasteiger partial charge on any atom is -0.497 e. The summed E-state index contributed by atoms with van der Waals surface area (Å²) < 4.78 is 5.06. The first kappa shape index (κ1) is 18.0. The van der Waals surface area contributed by atoms with Gasteiger partial charge in [0, 0.05) is 10.0 Å². The van der Waals surface area contributed by atoms with Crippen molar-refractivity contribution in [3.63, 3.8) is 0 Å². The van der Waals surface area contributed by atoms with Gasteiger partial charge in [-0.1, -0.05) is 29.3 Å². The average molecular weight is 391 g/mol. The molecule has 0 aromatic heterocycles. The Bertz CT molecular complexity index is 939. The van der Waals surface area contributed by atoms with Crippen molar-refractivity contribution < 1.29 is 19.1 Å². The largest absolute Gasteiger partial charge is 0.497 e. The number of amides is 4. The van der Waals surface area contributed by atoms with E-state index in [0.717, 1.165) is 4.90 Å². The van der Waals surface area contributed by atoms with E-state index in [1.165, 1.54) is 19.3 Å². The standard InChI is InChI=1S/C18H12Cl2N2O4/c1-26-13-6-4-12(5-7-13)22-17(24)14(16(23)21-18(22)25)8-10-2-3-11(19)9-15(10)20/h2-9H,1H3,(H,21,23,25)/b14-8+. The molecule has 4 amide bonds. The lowest BCUT2D eigenvalue weighted by molar-refractivity contribution is -0.122. The topological polar surface area (TPSA) is 75.7 Å². The van der Waals surface area contributed by atoms with Crippen LogP contribution < -0.4 is 15.0 Å². The molecular formula is C18H12Cl2N2O4. The number of ether oxygens (including phenoxy) is 1. The van der Waals surface area contributed by atoms with Gasteiger partial charge in [-0.15, -0.1) is 0 Å². The fraction of sp³-hybridized carbons (Fsp3) is 0.0556. The molecule has 132 valence electrons. The van der Waals surface area contributed by atoms with Crippen molar-refractivity contribution in [2.75, 3.05) is 12.0 Å². The first-order valence-electron chi connectivity index (χ1n) is 7.41. The molecule has 8 heteroatoms. The number of nitrogens with zero attached hydrogens (tertiary/aromatic N) is 1. The summed E-state index contributed by atoms with van der Waals surface area (Å²) in [5.41, 5.74) is 0.511. The van der Waals surface area contributed by atoms with E-state index >= 15 is 0 Å². The van der Waals surface area contributed by atoms with E-state index in [0.29, 0.717) is 22.0 Å². The maximum atomic E-state index is 12.8. The summed E-state index contributed by atoms with van der Waals surface area (Å²) >= 11 is 11.9. The summed E-state index contributed by atoms with van der Waals surface area (Å²) in [7, 11) is 1.50. The second kappa shape index (κ2) is 7.19. The van der Waals surface area contributed by atoms with E-state index in [-0.39, 0.29) is 10.6 Å². The quantitative estimate of drug-likeness (QED) is 0.640. The zero-order valence-corrected chi connectivity index (χ0v) is 15.0. The molecule has 0 spiro atoms. The summed E-state index contributed by atoms with van der Waals surface area (Å²) in [6.07, 6.45) is 1.32. The van der Waals surface area contributed by atoms with Crippen LogP contribution in [0.4, 0.5) is 10.5 Å². The number of urea groups is 1. The fourth-order valence-electron chi connectivity index (χ4n) is 2.40. The zero-order valence-electron chi connectivity index (χ0n) is 13.5. The van der Waals surface area contributed by atoms with Gasteiger partial charge < -0.3 is 4.74 Å². The zero-order chi connectivity index (χ0) is 18.8. The van der Waals surface area contributed by atoms with Gasteiger partial charge in [0.15, 0.2) is 0 Å². The molecule has 3 rings (SSSR count). The van der Waals surface area contributed by atoms with Gasteiger partial charge >= 0.3 is 6.03 Å². The lowest BCUT2D eigenvalue weighted by atomic mass is 10.1. The second-order valence-corrected chi connectivity index (χ2v) is 6.17. The van der Waals surface area contributed by atoms with Gasteiger partial charge in [-0.25, -0.2) is 9.69 Å². The van der Waals surface area contributed by atoms with Crippen molar-refractivity contribution in [2.45, 2.75) is 0 Å². The monoisotopic (exact) mass is 390 g/mol. The molecule has 0 radical (unpaired) electrons. The molecule has 1 heterocycles. The number of hydrogen-bond donors (Lipinski definition) is 1. The van der Waals surface area contributed by atoms with Crippen LogP contribution in [-0.4, -0.2) is 25.0 Å². The molecule has 1 N–H and O–H groups in total. The number of barbiturate groups is 1. The van der Waals surface area contributed by atoms with Crippen LogP contribution in [0.3, 0.4) is 0 Å². The fourth-order valence-corrected chi connectivity index (χ4v) is 2.86. The Kier molecular flexibility index (Phi) is 4.97. The van der Waals surface area contributed by atoms with Gasteiger partial charge in [0.25, 0.3) is 11.8 Å². The molecule has 1 saturated heterocycles. The highest BCUT2D eigenvalue weighted by atomic mass is 35.5. The first-order valence-corrected chi connectivity index (χ1v) is 8.17. The summed E-state index contributed by atoms with van der Waals surface area (Å²) in [5, 5.41) is 2.85. The van der Waals surface area contributed by atoms with Gasteiger partial charge in [0.05, 0.1) is 12.8 Å². The van der Waals surface area contributed by atoms with Crippen molar-refractivity contribution in [1.82, 2.24) is 5.32 Å². The van der Waals surface area contributed by atoms with Gasteiger partial charge in [-0.05, 0) is 48.0 Å². The number of halogens is 2. The molecule has 2 aromatic rings. The molecule has 0 atom stereocenters. The molecule has 0 aliphatic carbocycles. The van der Waals surface area contributed by atoms with Gasteiger partial charge in [-0.2, -0.15) is 0 Å². The summed E-state index contributed by atoms with van der Waals surface area (Å²) in [4.78, 5) is 37.9. The predicted molar refractivity (Wildman–Crippen MR) is 98.5 cm³/mol. The van der Waals surface area contributed by atoms with Crippen molar-refractivity contribution in [3.05, 3.63) is 63.6 Å². The first-order chi connectivity index (χ1) is 12.4. The molecule has 26 heavy (non-hydrogen) atoms. The number of carbonyl (C=O) groups is 3. The van der Waals surface area contributed by atoms with Crippen LogP contribution in [0.5, 0.6) is 5.75 Å². The smallest absolute Gasteiger partial charge is 0.335 e. The van der Waals surface area contributed by atoms with Crippen LogP contribution >= 0.6 is 23.2 Å². The number of rotatable bonds is 3. The van der Waals surface area contributed by atoms with Crippen molar-refractivity contribution in [3.8, 4) is 5.75 Å². The van der Waals surface area contributed by atoms with E-state index < -0.39 is 17.8 Å². The Labute approximate surface area is 158 Å². The average Bonchev–Trinajstić information content (AvgIpc) is 2.60. The van der Waals surface area contributed by atoms with E-state index in [4.69, 9.17) is 27.9 Å². The van der Waals surface area contributed by atoms with Gasteiger partial charge in [0.1, 0.15) is 11.3 Å². The Morgan fingerprint density at radius 2 is 1.73 bits per heavy atom. The maximum Gasteiger partial charge on any atom is 0.335 e. The summed E-state index contributed by atoms with van der Waals surface area (Å²) in [5.74, 6) is -0.982. The third-order valence-electron chi connectivity index (χ3n) is 3.69. The third-order valence-corrected chi connectivity index (χ3v) is 4.26. The number of benzene rings is 2. The molecule has 1 fully saturated rings. The van der Waals surface area contributed by atoms with Crippen LogP contribution in [-0.2, 0) is 9.59 Å². The SMILES string of the molecule is COc1ccc(N2C(=O)NC(=O)/C(=C\c3ccc(Cl)cc3Cl)C2=O)cc1. The van der Waals surface area contributed by atoms with E-state index in [1.807, 2.05) is 0 Å².